The van der Waals surface area contributed by atoms with Gasteiger partial charge in [-0.15, -0.1) is 0 Å². The van der Waals surface area contributed by atoms with Crippen molar-refractivity contribution < 1.29 is 18.8 Å². The second-order valence-electron chi connectivity index (χ2n) is 6.47. The molecule has 0 bridgehead atoms. The Bertz CT molecular complexity index is 1000. The van der Waals surface area contributed by atoms with Crippen molar-refractivity contribution in [3.05, 3.63) is 53.0 Å². The van der Waals surface area contributed by atoms with E-state index in [-0.39, 0.29) is 5.97 Å². The molecule has 140 valence electrons. The number of esters is 1. The molecule has 7 nitrogen and oxygen atoms in total. The SMILES string of the molecule is CCOC(=O)c1c2c(cn1Cc1ccc(OC)c(N)c1)-c1oncc1CC2. The van der Waals surface area contributed by atoms with Crippen molar-refractivity contribution in [1.82, 2.24) is 9.72 Å². The molecular formula is C20H21N3O4. The normalized spacial score (nSPS) is 12.4. The summed E-state index contributed by atoms with van der Waals surface area (Å²) in [4.78, 5) is 12.7. The molecule has 0 aliphatic heterocycles. The standard InChI is InChI=1S/C20H21N3O4/c1-3-26-20(24)18-14-6-5-13-9-22-27-19(13)15(14)11-23(18)10-12-4-7-17(25-2)16(21)8-12/h4,7-9,11H,3,5-6,10,21H2,1-2H3. The van der Waals surface area contributed by atoms with Crippen molar-refractivity contribution in [2.24, 2.45) is 0 Å². The number of methoxy groups -OCH3 is 1. The van der Waals surface area contributed by atoms with E-state index in [0.29, 0.717) is 30.3 Å². The molecule has 0 amide bonds. The topological polar surface area (TPSA) is 92.5 Å². The molecule has 27 heavy (non-hydrogen) atoms. The average molecular weight is 367 g/mol. The van der Waals surface area contributed by atoms with Crippen LogP contribution in [0, 0.1) is 0 Å². The van der Waals surface area contributed by atoms with E-state index in [1.807, 2.05) is 29.0 Å². The number of nitrogen functional groups attached to an aromatic ring is 1. The number of anilines is 1. The van der Waals surface area contributed by atoms with Crippen LogP contribution in [0.5, 0.6) is 5.75 Å². The molecule has 0 saturated heterocycles. The molecule has 0 saturated carbocycles. The molecule has 3 aromatic rings. The number of carbonyl (C=O) groups is 1. The van der Waals surface area contributed by atoms with Gasteiger partial charge in [0.2, 0.25) is 0 Å². The number of aromatic nitrogens is 2. The monoisotopic (exact) mass is 367 g/mol. The highest BCUT2D eigenvalue weighted by Gasteiger charge is 2.29. The smallest absolute Gasteiger partial charge is 0.355 e. The second-order valence-corrected chi connectivity index (χ2v) is 6.47. The van der Waals surface area contributed by atoms with E-state index < -0.39 is 0 Å². The van der Waals surface area contributed by atoms with Gasteiger partial charge >= 0.3 is 5.97 Å². The fraction of sp³-hybridized carbons (Fsp3) is 0.300. The summed E-state index contributed by atoms with van der Waals surface area (Å²) in [5.74, 6) is 1.03. The van der Waals surface area contributed by atoms with E-state index in [4.69, 9.17) is 19.7 Å². The van der Waals surface area contributed by atoms with Crippen LogP contribution in [0.1, 0.15) is 34.1 Å². The van der Waals surface area contributed by atoms with E-state index in [9.17, 15) is 4.79 Å². The maximum atomic E-state index is 12.7. The molecule has 1 aliphatic carbocycles. The summed E-state index contributed by atoms with van der Waals surface area (Å²) in [6, 6.07) is 5.61. The van der Waals surface area contributed by atoms with Gasteiger partial charge in [0, 0.05) is 23.9 Å². The van der Waals surface area contributed by atoms with Crippen LogP contribution in [0.3, 0.4) is 0 Å². The molecule has 0 fully saturated rings. The van der Waals surface area contributed by atoms with Gasteiger partial charge in [0.15, 0.2) is 5.76 Å². The van der Waals surface area contributed by atoms with Crippen LogP contribution >= 0.6 is 0 Å². The number of nitrogens with zero attached hydrogens (tertiary/aromatic N) is 2. The zero-order valence-electron chi connectivity index (χ0n) is 15.3. The third-order valence-corrected chi connectivity index (χ3v) is 4.83. The Morgan fingerprint density at radius 1 is 1.37 bits per heavy atom. The van der Waals surface area contributed by atoms with Crippen molar-refractivity contribution >= 4 is 11.7 Å². The number of aryl methyl sites for hydroxylation is 1. The molecule has 7 heteroatoms. The number of benzene rings is 1. The van der Waals surface area contributed by atoms with Gasteiger partial charge in [-0.05, 0) is 43.0 Å². The van der Waals surface area contributed by atoms with E-state index in [1.54, 1.807) is 20.2 Å². The summed E-state index contributed by atoms with van der Waals surface area (Å²) in [5, 5.41) is 3.91. The molecule has 0 unspecified atom stereocenters. The van der Waals surface area contributed by atoms with Crippen molar-refractivity contribution in [2.45, 2.75) is 26.3 Å². The van der Waals surface area contributed by atoms with Crippen molar-refractivity contribution in [3.63, 3.8) is 0 Å². The lowest BCUT2D eigenvalue weighted by Gasteiger charge is -2.13. The van der Waals surface area contributed by atoms with Gasteiger partial charge in [-0.2, -0.15) is 0 Å². The Kier molecular flexibility index (Phi) is 4.35. The van der Waals surface area contributed by atoms with Gasteiger partial charge in [-0.1, -0.05) is 11.2 Å². The van der Waals surface area contributed by atoms with Gasteiger partial charge in [0.1, 0.15) is 11.4 Å². The first kappa shape index (κ1) is 17.2. The Morgan fingerprint density at radius 2 is 2.22 bits per heavy atom. The number of rotatable bonds is 5. The van der Waals surface area contributed by atoms with Crippen LogP contribution in [0.2, 0.25) is 0 Å². The summed E-state index contributed by atoms with van der Waals surface area (Å²) < 4.78 is 17.9. The van der Waals surface area contributed by atoms with Crippen LogP contribution in [0.15, 0.2) is 35.1 Å². The minimum Gasteiger partial charge on any atom is -0.495 e. The maximum Gasteiger partial charge on any atom is 0.355 e. The molecule has 0 atom stereocenters. The predicted octanol–water partition coefficient (Wildman–Crippen LogP) is 3.06. The van der Waals surface area contributed by atoms with E-state index in [0.717, 1.165) is 40.9 Å². The van der Waals surface area contributed by atoms with Crippen molar-refractivity contribution in [2.75, 3.05) is 19.5 Å². The van der Waals surface area contributed by atoms with E-state index in [2.05, 4.69) is 5.16 Å². The number of hydrogen-bond donors (Lipinski definition) is 1. The van der Waals surface area contributed by atoms with E-state index in [1.165, 1.54) is 0 Å². The van der Waals surface area contributed by atoms with Gasteiger partial charge in [0.25, 0.3) is 0 Å². The molecule has 2 N–H and O–H groups in total. The largest absolute Gasteiger partial charge is 0.495 e. The van der Waals surface area contributed by atoms with Gasteiger partial charge in [-0.3, -0.25) is 0 Å². The number of fused-ring (bicyclic) bond motifs is 3. The zero-order valence-corrected chi connectivity index (χ0v) is 15.3. The minimum atomic E-state index is -0.330. The van der Waals surface area contributed by atoms with Gasteiger partial charge in [0.05, 0.1) is 25.6 Å². The van der Waals surface area contributed by atoms with Crippen LogP contribution in [0.4, 0.5) is 5.69 Å². The zero-order chi connectivity index (χ0) is 19.0. The van der Waals surface area contributed by atoms with Gasteiger partial charge < -0.3 is 24.3 Å². The first-order valence-electron chi connectivity index (χ1n) is 8.87. The molecule has 2 heterocycles. The average Bonchev–Trinajstić information content (AvgIpc) is 3.25. The fourth-order valence-electron chi connectivity index (χ4n) is 3.61. The van der Waals surface area contributed by atoms with Crippen LogP contribution in [-0.2, 0) is 24.1 Å². The fourth-order valence-corrected chi connectivity index (χ4v) is 3.61. The van der Waals surface area contributed by atoms with E-state index >= 15 is 0 Å². The third kappa shape index (κ3) is 2.95. The molecular weight excluding hydrogens is 346 g/mol. The highest BCUT2D eigenvalue weighted by atomic mass is 16.5. The highest BCUT2D eigenvalue weighted by molar-refractivity contribution is 5.93. The lowest BCUT2D eigenvalue weighted by molar-refractivity contribution is 0.0513. The molecule has 0 spiro atoms. The Morgan fingerprint density at radius 3 is 2.96 bits per heavy atom. The van der Waals surface area contributed by atoms with Gasteiger partial charge in [-0.25, -0.2) is 4.79 Å². The lowest BCUT2D eigenvalue weighted by Crippen LogP contribution is -2.15. The first-order valence-corrected chi connectivity index (χ1v) is 8.87. The maximum absolute atomic E-state index is 12.7. The molecule has 1 aromatic carbocycles. The summed E-state index contributed by atoms with van der Waals surface area (Å²) in [5.41, 5.74) is 11.0. The number of nitrogens with two attached hydrogens (primary N) is 1. The summed E-state index contributed by atoms with van der Waals surface area (Å²) in [7, 11) is 1.58. The van der Waals surface area contributed by atoms with Crippen LogP contribution in [-0.4, -0.2) is 29.4 Å². The Labute approximate surface area is 156 Å². The Hall–Kier alpha value is -3.22. The predicted molar refractivity (Wildman–Crippen MR) is 99.8 cm³/mol. The molecule has 4 rings (SSSR count). The van der Waals surface area contributed by atoms with Crippen molar-refractivity contribution in [3.8, 4) is 17.1 Å². The highest BCUT2D eigenvalue weighted by Crippen LogP contribution is 2.37. The van der Waals surface area contributed by atoms with Crippen LogP contribution in [0.25, 0.3) is 11.3 Å². The number of carbonyl (C=O) groups excluding carboxylic acids is 1. The lowest BCUT2D eigenvalue weighted by atomic mass is 9.93. The number of hydrogen-bond acceptors (Lipinski definition) is 6. The summed E-state index contributed by atoms with van der Waals surface area (Å²) >= 11 is 0. The molecule has 0 radical (unpaired) electrons. The first-order chi connectivity index (χ1) is 13.1. The minimum absolute atomic E-state index is 0.321. The summed E-state index contributed by atoms with van der Waals surface area (Å²) in [6.45, 7) is 2.61. The quantitative estimate of drug-likeness (QED) is 0.550. The Balaban J connectivity index is 1.78. The number of ether oxygens (including phenoxy) is 2. The molecule has 2 aromatic heterocycles. The van der Waals surface area contributed by atoms with Crippen molar-refractivity contribution in [1.29, 1.82) is 0 Å². The second kappa shape index (κ2) is 6.83. The third-order valence-electron chi connectivity index (χ3n) is 4.83. The molecule has 1 aliphatic rings. The van der Waals surface area contributed by atoms with Crippen LogP contribution < -0.4 is 10.5 Å². The summed E-state index contributed by atoms with van der Waals surface area (Å²) in [6.07, 6.45) is 5.21.